The molecule has 0 aliphatic heterocycles. The summed E-state index contributed by atoms with van der Waals surface area (Å²) in [6, 6.07) is 20.4. The van der Waals surface area contributed by atoms with E-state index in [-0.39, 0.29) is 12.2 Å². The van der Waals surface area contributed by atoms with Crippen molar-refractivity contribution < 1.29 is 9.47 Å². The van der Waals surface area contributed by atoms with Gasteiger partial charge in [-0.3, -0.25) is 0 Å². The Morgan fingerprint density at radius 3 is 1.68 bits per heavy atom. The molecule has 2 atom stereocenters. The Morgan fingerprint density at radius 2 is 1.26 bits per heavy atom. The molecule has 19 heavy (non-hydrogen) atoms. The summed E-state index contributed by atoms with van der Waals surface area (Å²) in [5, 5.41) is 0. The van der Waals surface area contributed by atoms with E-state index >= 15 is 0 Å². The first-order chi connectivity index (χ1) is 9.36. The first-order valence-corrected chi connectivity index (χ1v) is 6.61. The van der Waals surface area contributed by atoms with E-state index in [4.69, 9.17) is 9.47 Å². The van der Waals surface area contributed by atoms with Crippen molar-refractivity contribution >= 4 is 0 Å². The summed E-state index contributed by atoms with van der Waals surface area (Å²) < 4.78 is 11.6. The van der Waals surface area contributed by atoms with Crippen LogP contribution in [-0.2, 0) is 9.47 Å². The van der Waals surface area contributed by atoms with Gasteiger partial charge in [0.25, 0.3) is 0 Å². The third-order valence-corrected chi connectivity index (χ3v) is 3.13. The molecule has 0 saturated heterocycles. The van der Waals surface area contributed by atoms with Crippen molar-refractivity contribution in [2.24, 2.45) is 0 Å². The molecule has 0 unspecified atom stereocenters. The maximum Gasteiger partial charge on any atom is 0.113 e. The number of ether oxygens (including phenoxy) is 2. The molecule has 2 rings (SSSR count). The van der Waals surface area contributed by atoms with Gasteiger partial charge in [0.15, 0.2) is 0 Å². The summed E-state index contributed by atoms with van der Waals surface area (Å²) >= 11 is 0. The summed E-state index contributed by atoms with van der Waals surface area (Å²) in [5.74, 6) is 0. The van der Waals surface area contributed by atoms with Crippen LogP contribution in [0, 0.1) is 0 Å². The molecule has 0 amide bonds. The van der Waals surface area contributed by atoms with Crippen LogP contribution in [0.5, 0.6) is 0 Å². The van der Waals surface area contributed by atoms with Crippen LogP contribution >= 0.6 is 0 Å². The van der Waals surface area contributed by atoms with Crippen LogP contribution in [0.4, 0.5) is 0 Å². The van der Waals surface area contributed by atoms with Crippen molar-refractivity contribution in [3.8, 4) is 0 Å². The van der Waals surface area contributed by atoms with Crippen LogP contribution < -0.4 is 0 Å². The summed E-state index contributed by atoms with van der Waals surface area (Å²) in [7, 11) is 1.73. The van der Waals surface area contributed by atoms with Crippen molar-refractivity contribution in [3.05, 3.63) is 71.8 Å². The molecule has 0 heterocycles. The Kier molecular flexibility index (Phi) is 5.13. The second-order valence-corrected chi connectivity index (χ2v) is 4.35. The van der Waals surface area contributed by atoms with Gasteiger partial charge < -0.3 is 9.47 Å². The quantitative estimate of drug-likeness (QED) is 0.773. The van der Waals surface area contributed by atoms with E-state index in [9.17, 15) is 0 Å². The first-order valence-electron chi connectivity index (χ1n) is 6.61. The van der Waals surface area contributed by atoms with Gasteiger partial charge in [0.2, 0.25) is 0 Å². The van der Waals surface area contributed by atoms with Crippen LogP contribution in [0.3, 0.4) is 0 Å². The average Bonchev–Trinajstić information content (AvgIpc) is 2.49. The minimum absolute atomic E-state index is 0.0846. The zero-order chi connectivity index (χ0) is 13.5. The highest BCUT2D eigenvalue weighted by atomic mass is 16.5. The van der Waals surface area contributed by atoms with Crippen LogP contribution in [0.2, 0.25) is 0 Å². The standard InChI is InChI=1S/C17H20O2/c1-3-19-17(15-12-8-5-9-13-15)16(18-2)14-10-6-4-7-11-14/h4-13,16-17H,3H2,1-2H3/t16-,17-/m0/s1. The smallest absolute Gasteiger partial charge is 0.113 e. The molecule has 2 nitrogen and oxygen atoms in total. The van der Waals surface area contributed by atoms with Crippen LogP contribution in [0.15, 0.2) is 60.7 Å². The lowest BCUT2D eigenvalue weighted by Gasteiger charge is -2.26. The molecule has 2 heteroatoms. The second-order valence-electron chi connectivity index (χ2n) is 4.35. The van der Waals surface area contributed by atoms with Crippen molar-refractivity contribution in [1.82, 2.24) is 0 Å². The van der Waals surface area contributed by atoms with Gasteiger partial charge in [-0.25, -0.2) is 0 Å². The summed E-state index contributed by atoms with van der Waals surface area (Å²) in [4.78, 5) is 0. The Balaban J connectivity index is 2.31. The lowest BCUT2D eigenvalue weighted by molar-refractivity contribution is -0.0568. The number of methoxy groups -OCH3 is 1. The molecule has 0 aliphatic carbocycles. The fraction of sp³-hybridized carbons (Fsp3) is 0.294. The van der Waals surface area contributed by atoms with E-state index in [1.54, 1.807) is 7.11 Å². The number of rotatable bonds is 6. The summed E-state index contributed by atoms with van der Waals surface area (Å²) in [6.45, 7) is 2.67. The third kappa shape index (κ3) is 3.43. The van der Waals surface area contributed by atoms with Crippen molar-refractivity contribution in [1.29, 1.82) is 0 Å². The number of hydrogen-bond donors (Lipinski definition) is 0. The summed E-state index contributed by atoms with van der Waals surface area (Å²) in [5.41, 5.74) is 2.27. The lowest BCUT2D eigenvalue weighted by atomic mass is 9.98. The fourth-order valence-corrected chi connectivity index (χ4v) is 2.26. The largest absolute Gasteiger partial charge is 0.374 e. The van der Waals surface area contributed by atoms with Crippen molar-refractivity contribution in [3.63, 3.8) is 0 Å². The molecule has 0 radical (unpaired) electrons. The van der Waals surface area contributed by atoms with Crippen LogP contribution in [0.1, 0.15) is 30.3 Å². The van der Waals surface area contributed by atoms with Gasteiger partial charge in [0, 0.05) is 13.7 Å². The van der Waals surface area contributed by atoms with E-state index in [0.717, 1.165) is 11.1 Å². The Morgan fingerprint density at radius 1 is 0.789 bits per heavy atom. The molecular weight excluding hydrogens is 236 g/mol. The zero-order valence-electron chi connectivity index (χ0n) is 11.5. The second kappa shape index (κ2) is 7.07. The molecular formula is C17H20O2. The highest BCUT2D eigenvalue weighted by molar-refractivity contribution is 5.25. The minimum Gasteiger partial charge on any atom is -0.374 e. The predicted octanol–water partition coefficient (Wildman–Crippen LogP) is 4.15. The van der Waals surface area contributed by atoms with Gasteiger partial charge in [-0.15, -0.1) is 0 Å². The van der Waals surface area contributed by atoms with Crippen molar-refractivity contribution in [2.75, 3.05) is 13.7 Å². The number of benzene rings is 2. The van der Waals surface area contributed by atoms with E-state index in [1.165, 1.54) is 0 Å². The van der Waals surface area contributed by atoms with Gasteiger partial charge >= 0.3 is 0 Å². The Labute approximate surface area is 115 Å². The van der Waals surface area contributed by atoms with Crippen molar-refractivity contribution in [2.45, 2.75) is 19.1 Å². The van der Waals surface area contributed by atoms with Crippen LogP contribution in [0.25, 0.3) is 0 Å². The topological polar surface area (TPSA) is 18.5 Å². The molecule has 0 fully saturated rings. The highest BCUT2D eigenvalue weighted by Crippen LogP contribution is 2.34. The van der Waals surface area contributed by atoms with E-state index in [1.807, 2.05) is 43.3 Å². The molecule has 2 aromatic rings. The Hall–Kier alpha value is -1.64. The Bertz CT molecular complexity index is 467. The molecule has 0 N–H and O–H groups in total. The average molecular weight is 256 g/mol. The highest BCUT2D eigenvalue weighted by Gasteiger charge is 2.24. The normalized spacial score (nSPS) is 14.0. The molecule has 0 bridgehead atoms. The van der Waals surface area contributed by atoms with Gasteiger partial charge in [0.1, 0.15) is 12.2 Å². The lowest BCUT2D eigenvalue weighted by Crippen LogP contribution is -2.16. The van der Waals surface area contributed by atoms with E-state index in [0.29, 0.717) is 6.61 Å². The number of hydrogen-bond acceptors (Lipinski definition) is 2. The summed E-state index contributed by atoms with van der Waals surface area (Å²) in [6.07, 6.45) is -0.179. The maximum atomic E-state index is 5.91. The fourth-order valence-electron chi connectivity index (χ4n) is 2.26. The first kappa shape index (κ1) is 13.8. The van der Waals surface area contributed by atoms with Gasteiger partial charge in [0.05, 0.1) is 0 Å². The van der Waals surface area contributed by atoms with Gasteiger partial charge in [-0.2, -0.15) is 0 Å². The molecule has 2 aromatic carbocycles. The molecule has 100 valence electrons. The van der Waals surface area contributed by atoms with Crippen LogP contribution in [-0.4, -0.2) is 13.7 Å². The van der Waals surface area contributed by atoms with E-state index in [2.05, 4.69) is 24.3 Å². The SMILES string of the molecule is CCO[C@@H](c1ccccc1)[C@@H](OC)c1ccccc1. The zero-order valence-corrected chi connectivity index (χ0v) is 11.5. The third-order valence-electron chi connectivity index (χ3n) is 3.13. The maximum absolute atomic E-state index is 5.91. The molecule has 0 aromatic heterocycles. The molecule has 0 aliphatic rings. The van der Waals surface area contributed by atoms with Gasteiger partial charge in [-0.05, 0) is 18.1 Å². The van der Waals surface area contributed by atoms with Gasteiger partial charge in [-0.1, -0.05) is 60.7 Å². The predicted molar refractivity (Wildman–Crippen MR) is 77.0 cm³/mol. The molecule has 0 spiro atoms. The van der Waals surface area contributed by atoms with E-state index < -0.39 is 0 Å². The molecule has 0 saturated carbocycles. The minimum atomic E-state index is -0.0939. The monoisotopic (exact) mass is 256 g/mol.